The van der Waals surface area contributed by atoms with Gasteiger partial charge in [0.15, 0.2) is 17.5 Å². The summed E-state index contributed by atoms with van der Waals surface area (Å²) in [5.41, 5.74) is 2.39. The predicted molar refractivity (Wildman–Crippen MR) is 119 cm³/mol. The van der Waals surface area contributed by atoms with Gasteiger partial charge in [0.05, 0.1) is 0 Å². The summed E-state index contributed by atoms with van der Waals surface area (Å²) < 4.78 is 40.2. The molecule has 0 saturated heterocycles. The topological polar surface area (TPSA) is 0 Å². The van der Waals surface area contributed by atoms with Crippen LogP contribution in [0.4, 0.5) is 13.2 Å². The molecule has 2 aromatic rings. The van der Waals surface area contributed by atoms with E-state index in [0.29, 0.717) is 17.0 Å². The summed E-state index contributed by atoms with van der Waals surface area (Å²) in [5.74, 6) is -2.25. The van der Waals surface area contributed by atoms with Crippen molar-refractivity contribution < 1.29 is 13.2 Å². The molecule has 0 bridgehead atoms. The first kappa shape index (κ1) is 22.9. The molecule has 3 heteroatoms. The Morgan fingerprint density at radius 1 is 0.700 bits per heavy atom. The summed E-state index contributed by atoms with van der Waals surface area (Å²) in [4.78, 5) is 0. The van der Waals surface area contributed by atoms with Gasteiger partial charge in [0, 0.05) is 0 Å². The second-order valence-electron chi connectivity index (χ2n) is 9.00. The Hall–Kier alpha value is -1.77. The van der Waals surface area contributed by atoms with Crippen molar-refractivity contribution in [2.45, 2.75) is 89.9 Å². The Morgan fingerprint density at radius 3 is 1.87 bits per heavy atom. The number of rotatable bonds is 10. The molecular formula is C27H35F3. The van der Waals surface area contributed by atoms with E-state index in [1.807, 2.05) is 12.1 Å². The van der Waals surface area contributed by atoms with Crippen LogP contribution in [0.3, 0.4) is 0 Å². The quantitative estimate of drug-likeness (QED) is 0.267. The van der Waals surface area contributed by atoms with Crippen LogP contribution in [0.15, 0.2) is 36.4 Å². The van der Waals surface area contributed by atoms with E-state index in [1.165, 1.54) is 82.6 Å². The summed E-state index contributed by atoms with van der Waals surface area (Å²) in [6.45, 7) is 2.26. The Bertz CT molecular complexity index is 750. The minimum absolute atomic E-state index is 0.372. The van der Waals surface area contributed by atoms with E-state index >= 15 is 0 Å². The lowest BCUT2D eigenvalue weighted by Crippen LogP contribution is -2.13. The number of hydrogen-bond acceptors (Lipinski definition) is 0. The predicted octanol–water partition coefficient (Wildman–Crippen LogP) is 9.19. The highest BCUT2D eigenvalue weighted by molar-refractivity contribution is 5.64. The average Bonchev–Trinajstić information content (AvgIpc) is 2.77. The van der Waals surface area contributed by atoms with E-state index in [1.54, 1.807) is 0 Å². The first-order valence-corrected chi connectivity index (χ1v) is 11.8. The lowest BCUT2D eigenvalue weighted by molar-refractivity contribution is 0.302. The molecule has 2 aromatic carbocycles. The van der Waals surface area contributed by atoms with Crippen LogP contribution in [0, 0.1) is 23.4 Å². The second kappa shape index (κ2) is 11.6. The Labute approximate surface area is 179 Å². The minimum Gasteiger partial charge on any atom is -0.204 e. The molecule has 0 radical (unpaired) electrons. The normalized spacial score (nSPS) is 19.2. The van der Waals surface area contributed by atoms with Crippen molar-refractivity contribution in [2.75, 3.05) is 0 Å². The van der Waals surface area contributed by atoms with Crippen molar-refractivity contribution >= 4 is 0 Å². The third-order valence-corrected chi connectivity index (χ3v) is 6.76. The van der Waals surface area contributed by atoms with Crippen molar-refractivity contribution in [1.82, 2.24) is 0 Å². The molecule has 164 valence electrons. The van der Waals surface area contributed by atoms with Crippen LogP contribution in [-0.2, 0) is 0 Å². The average molecular weight is 417 g/mol. The number of hydrogen-bond donors (Lipinski definition) is 0. The summed E-state index contributed by atoms with van der Waals surface area (Å²) >= 11 is 0. The fourth-order valence-electron chi connectivity index (χ4n) is 4.84. The van der Waals surface area contributed by atoms with Crippen LogP contribution in [-0.4, -0.2) is 0 Å². The van der Waals surface area contributed by atoms with Gasteiger partial charge >= 0.3 is 0 Å². The molecular weight excluding hydrogens is 381 g/mol. The fraction of sp³-hybridized carbons (Fsp3) is 0.556. The van der Waals surface area contributed by atoms with Crippen LogP contribution in [0.5, 0.6) is 0 Å². The molecule has 0 atom stereocenters. The van der Waals surface area contributed by atoms with Crippen LogP contribution in [0.1, 0.15) is 95.5 Å². The minimum atomic E-state index is -1.41. The molecule has 0 nitrogen and oxygen atoms in total. The SMILES string of the molecule is CCCCCCCCC[C@H]1CC[C@H](c2ccc(-c3cc(F)c(F)c(F)c3)cc2)CC1. The third-order valence-electron chi connectivity index (χ3n) is 6.76. The summed E-state index contributed by atoms with van der Waals surface area (Å²) in [6.07, 6.45) is 16.1. The molecule has 30 heavy (non-hydrogen) atoms. The third kappa shape index (κ3) is 6.36. The van der Waals surface area contributed by atoms with Gasteiger partial charge < -0.3 is 0 Å². The highest BCUT2D eigenvalue weighted by atomic mass is 19.2. The summed E-state index contributed by atoms with van der Waals surface area (Å²) in [6, 6.07) is 10.0. The van der Waals surface area contributed by atoms with Crippen LogP contribution < -0.4 is 0 Å². The first-order chi connectivity index (χ1) is 14.6. The first-order valence-electron chi connectivity index (χ1n) is 11.8. The van der Waals surface area contributed by atoms with E-state index in [0.717, 1.165) is 18.1 Å². The molecule has 0 N–H and O–H groups in total. The number of halogens is 3. The van der Waals surface area contributed by atoms with Crippen LogP contribution >= 0.6 is 0 Å². The lowest BCUT2D eigenvalue weighted by Gasteiger charge is -2.29. The molecule has 1 aliphatic rings. The smallest absolute Gasteiger partial charge is 0.194 e. The van der Waals surface area contributed by atoms with Crippen molar-refractivity contribution in [3.05, 3.63) is 59.4 Å². The van der Waals surface area contributed by atoms with E-state index in [9.17, 15) is 13.2 Å². The van der Waals surface area contributed by atoms with Gasteiger partial charge in [-0.2, -0.15) is 0 Å². The highest BCUT2D eigenvalue weighted by Crippen LogP contribution is 2.38. The molecule has 0 heterocycles. The Balaban J connectivity index is 1.44. The van der Waals surface area contributed by atoms with Crippen molar-refractivity contribution in [3.8, 4) is 11.1 Å². The fourth-order valence-corrected chi connectivity index (χ4v) is 4.84. The van der Waals surface area contributed by atoms with Gasteiger partial charge in [0.25, 0.3) is 0 Å². The summed E-state index contributed by atoms with van der Waals surface area (Å²) in [5, 5.41) is 0. The van der Waals surface area contributed by atoms with Gasteiger partial charge in [0.2, 0.25) is 0 Å². The molecule has 0 aliphatic heterocycles. The maximum Gasteiger partial charge on any atom is 0.194 e. The molecule has 1 aliphatic carbocycles. The van der Waals surface area contributed by atoms with Gasteiger partial charge in [-0.3, -0.25) is 0 Å². The van der Waals surface area contributed by atoms with Crippen molar-refractivity contribution in [3.63, 3.8) is 0 Å². The molecule has 0 aromatic heterocycles. The van der Waals surface area contributed by atoms with Crippen molar-refractivity contribution in [2.24, 2.45) is 5.92 Å². The van der Waals surface area contributed by atoms with Crippen molar-refractivity contribution in [1.29, 1.82) is 0 Å². The summed E-state index contributed by atoms with van der Waals surface area (Å²) in [7, 11) is 0. The maximum atomic E-state index is 13.5. The van der Waals surface area contributed by atoms with Gasteiger partial charge in [0.1, 0.15) is 0 Å². The second-order valence-corrected chi connectivity index (χ2v) is 9.00. The number of benzene rings is 2. The lowest BCUT2D eigenvalue weighted by atomic mass is 9.77. The largest absolute Gasteiger partial charge is 0.204 e. The van der Waals surface area contributed by atoms with Crippen LogP contribution in [0.25, 0.3) is 11.1 Å². The van der Waals surface area contributed by atoms with Gasteiger partial charge in [-0.1, -0.05) is 82.6 Å². The molecule has 1 fully saturated rings. The van der Waals surface area contributed by atoms with Gasteiger partial charge in [-0.25, -0.2) is 13.2 Å². The van der Waals surface area contributed by atoms with E-state index < -0.39 is 17.5 Å². The number of unbranched alkanes of at least 4 members (excludes halogenated alkanes) is 6. The zero-order chi connectivity index (χ0) is 21.3. The van der Waals surface area contributed by atoms with E-state index in [2.05, 4.69) is 19.1 Å². The van der Waals surface area contributed by atoms with Gasteiger partial charge in [-0.05, 0) is 66.3 Å². The van der Waals surface area contributed by atoms with E-state index in [4.69, 9.17) is 0 Å². The standard InChI is InChI=1S/C27H35F3/c1-2-3-4-5-6-7-8-9-20-10-12-21(13-11-20)22-14-16-23(17-15-22)24-18-25(28)27(30)26(29)19-24/h14-21H,2-13H2,1H3/t20-,21-. The Kier molecular flexibility index (Phi) is 8.84. The zero-order valence-electron chi connectivity index (χ0n) is 18.2. The maximum absolute atomic E-state index is 13.5. The molecule has 0 amide bonds. The Morgan fingerprint density at radius 2 is 1.27 bits per heavy atom. The molecule has 0 unspecified atom stereocenters. The molecule has 3 rings (SSSR count). The van der Waals surface area contributed by atoms with Crippen LogP contribution in [0.2, 0.25) is 0 Å². The molecule has 0 spiro atoms. The zero-order valence-corrected chi connectivity index (χ0v) is 18.2. The van der Waals surface area contributed by atoms with E-state index in [-0.39, 0.29) is 0 Å². The molecule has 1 saturated carbocycles. The highest BCUT2D eigenvalue weighted by Gasteiger charge is 2.22. The monoisotopic (exact) mass is 416 g/mol. The van der Waals surface area contributed by atoms with Gasteiger partial charge in [-0.15, -0.1) is 0 Å².